The van der Waals surface area contributed by atoms with Crippen molar-refractivity contribution in [2.24, 2.45) is 0 Å². The minimum absolute atomic E-state index is 0.602. The van der Waals surface area contributed by atoms with Crippen LogP contribution >= 0.6 is 11.6 Å². The molecule has 3 nitrogen and oxygen atoms in total. The molecular weight excluding hydrogens is 538 g/mol. The summed E-state index contributed by atoms with van der Waals surface area (Å²) in [5, 5.41) is 15.2. The van der Waals surface area contributed by atoms with Gasteiger partial charge >= 0.3 is 0 Å². The highest BCUT2D eigenvalue weighted by molar-refractivity contribution is 6.30. The summed E-state index contributed by atoms with van der Waals surface area (Å²) in [7, 11) is 1.67. The topological polar surface area (TPSA) is 41.5 Å². The second kappa shape index (κ2) is 24.0. The number of nitrogens with one attached hydrogen (secondary N) is 1. The number of anilines is 1. The molecule has 4 heteroatoms. The van der Waals surface area contributed by atoms with Crippen LogP contribution in [0, 0.1) is 20.8 Å². The van der Waals surface area contributed by atoms with Gasteiger partial charge in [-0.05, 0) is 78.9 Å². The Hall–Kier alpha value is -2.49. The summed E-state index contributed by atoms with van der Waals surface area (Å²) in [6.45, 7) is 20.0. The van der Waals surface area contributed by atoms with Crippen molar-refractivity contribution in [3.8, 4) is 5.75 Å². The van der Waals surface area contributed by atoms with Gasteiger partial charge in [0.25, 0.3) is 0 Å². The maximum absolute atomic E-state index is 11.1. The van der Waals surface area contributed by atoms with Crippen molar-refractivity contribution in [1.82, 2.24) is 0 Å². The van der Waals surface area contributed by atoms with Crippen LogP contribution in [0.5, 0.6) is 5.75 Å². The van der Waals surface area contributed by atoms with E-state index in [1.165, 1.54) is 56.9 Å². The van der Waals surface area contributed by atoms with Gasteiger partial charge in [-0.25, -0.2) is 0 Å². The lowest BCUT2D eigenvalue weighted by Crippen LogP contribution is -2.09. The van der Waals surface area contributed by atoms with Gasteiger partial charge in [0.1, 0.15) is 11.9 Å². The van der Waals surface area contributed by atoms with E-state index < -0.39 is 6.10 Å². The number of halogens is 1. The zero-order chi connectivity index (χ0) is 31.9. The largest absolute Gasteiger partial charge is 0.497 e. The Labute approximate surface area is 264 Å². The third kappa shape index (κ3) is 15.1. The Kier molecular flexibility index (Phi) is 22.6. The number of benzene rings is 3. The Morgan fingerprint density at radius 2 is 1.31 bits per heavy atom. The van der Waals surface area contributed by atoms with E-state index in [9.17, 15) is 5.11 Å². The first-order valence-corrected chi connectivity index (χ1v) is 16.4. The van der Waals surface area contributed by atoms with Gasteiger partial charge in [0, 0.05) is 22.8 Å². The molecule has 1 unspecified atom stereocenters. The molecule has 0 aliphatic carbocycles. The molecule has 0 aromatic heterocycles. The average Bonchev–Trinajstić information content (AvgIpc) is 3.01. The summed E-state index contributed by atoms with van der Waals surface area (Å²) in [5.41, 5.74) is 7.10. The predicted molar refractivity (Wildman–Crippen MR) is 187 cm³/mol. The summed E-state index contributed by atoms with van der Waals surface area (Å²) in [6.07, 6.45) is 10.1. The minimum Gasteiger partial charge on any atom is -0.497 e. The molecule has 236 valence electrons. The van der Waals surface area contributed by atoms with Crippen LogP contribution in [0.3, 0.4) is 0 Å². The highest BCUT2D eigenvalue weighted by atomic mass is 35.5. The quantitative estimate of drug-likeness (QED) is 0.216. The number of aliphatic hydroxyl groups excluding tert-OH is 1. The van der Waals surface area contributed by atoms with E-state index in [-0.39, 0.29) is 0 Å². The van der Waals surface area contributed by atoms with Crippen LogP contribution in [-0.2, 0) is 6.54 Å². The van der Waals surface area contributed by atoms with Crippen LogP contribution in [0.15, 0.2) is 54.6 Å². The Morgan fingerprint density at radius 3 is 1.81 bits per heavy atom. The number of hydrogen-bond acceptors (Lipinski definition) is 3. The molecule has 0 fully saturated rings. The van der Waals surface area contributed by atoms with Crippen LogP contribution < -0.4 is 10.1 Å². The SMILES string of the molecule is CCCC.CCCC.CCCCCC.COc1ccc(CNc2ccc(Cl)cc2C(O)c2cccc(C)c2C)c(C)c1. The lowest BCUT2D eigenvalue weighted by molar-refractivity contribution is 0.220. The van der Waals surface area contributed by atoms with Gasteiger partial charge in [-0.2, -0.15) is 0 Å². The van der Waals surface area contributed by atoms with Crippen LogP contribution in [0.2, 0.25) is 5.02 Å². The molecule has 0 saturated heterocycles. The zero-order valence-corrected chi connectivity index (χ0v) is 29.1. The number of hydrogen-bond donors (Lipinski definition) is 2. The molecular formula is C38H60ClNO2. The van der Waals surface area contributed by atoms with E-state index in [1.807, 2.05) is 49.4 Å². The fraction of sp³-hybridized carbons (Fsp3) is 0.526. The first kappa shape index (κ1) is 39.5. The van der Waals surface area contributed by atoms with E-state index in [4.69, 9.17) is 16.3 Å². The van der Waals surface area contributed by atoms with Crippen LogP contribution in [0.1, 0.15) is 132 Å². The van der Waals surface area contributed by atoms with Gasteiger partial charge in [0.15, 0.2) is 0 Å². The average molecular weight is 598 g/mol. The molecule has 0 aliphatic rings. The molecule has 0 heterocycles. The zero-order valence-electron chi connectivity index (χ0n) is 28.4. The number of ether oxygens (including phenoxy) is 1. The van der Waals surface area contributed by atoms with E-state index in [0.29, 0.717) is 11.6 Å². The molecule has 0 saturated carbocycles. The summed E-state index contributed by atoms with van der Waals surface area (Å²) in [6, 6.07) is 17.6. The molecule has 0 aliphatic heterocycles. The normalized spacial score (nSPS) is 10.7. The Balaban J connectivity index is 0.00000100. The van der Waals surface area contributed by atoms with Crippen molar-refractivity contribution in [2.45, 2.75) is 126 Å². The lowest BCUT2D eigenvalue weighted by atomic mass is 9.94. The fourth-order valence-corrected chi connectivity index (χ4v) is 4.02. The van der Waals surface area contributed by atoms with Gasteiger partial charge in [-0.1, -0.05) is 129 Å². The first-order chi connectivity index (χ1) is 20.1. The van der Waals surface area contributed by atoms with Crippen LogP contribution in [-0.4, -0.2) is 12.2 Å². The maximum atomic E-state index is 11.1. The van der Waals surface area contributed by atoms with Crippen molar-refractivity contribution >= 4 is 17.3 Å². The predicted octanol–water partition coefficient (Wildman–Crippen LogP) is 12.2. The highest BCUT2D eigenvalue weighted by Crippen LogP contribution is 2.33. The molecule has 2 N–H and O–H groups in total. The van der Waals surface area contributed by atoms with Gasteiger partial charge in [0.05, 0.1) is 7.11 Å². The second-order valence-electron chi connectivity index (χ2n) is 10.8. The molecule has 3 aromatic rings. The molecule has 42 heavy (non-hydrogen) atoms. The van der Waals surface area contributed by atoms with E-state index in [0.717, 1.165) is 39.3 Å². The number of rotatable bonds is 11. The third-order valence-corrected chi connectivity index (χ3v) is 7.46. The molecule has 1 atom stereocenters. The molecule has 0 bridgehead atoms. The lowest BCUT2D eigenvalue weighted by Gasteiger charge is -2.20. The number of aryl methyl sites for hydroxylation is 2. The van der Waals surface area contributed by atoms with Crippen molar-refractivity contribution in [3.63, 3.8) is 0 Å². The maximum Gasteiger partial charge on any atom is 0.119 e. The molecule has 3 aromatic carbocycles. The van der Waals surface area contributed by atoms with E-state index in [2.05, 4.69) is 72.8 Å². The van der Waals surface area contributed by atoms with Crippen LogP contribution in [0.25, 0.3) is 0 Å². The monoisotopic (exact) mass is 597 g/mol. The Morgan fingerprint density at radius 1 is 0.714 bits per heavy atom. The van der Waals surface area contributed by atoms with Gasteiger partial charge in [-0.3, -0.25) is 0 Å². The molecule has 0 amide bonds. The number of methoxy groups -OCH3 is 1. The van der Waals surface area contributed by atoms with E-state index in [1.54, 1.807) is 7.11 Å². The van der Waals surface area contributed by atoms with Crippen molar-refractivity contribution in [2.75, 3.05) is 12.4 Å². The summed E-state index contributed by atoms with van der Waals surface area (Å²) < 4.78 is 5.28. The van der Waals surface area contributed by atoms with Gasteiger partial charge < -0.3 is 15.2 Å². The standard InChI is InChI=1S/C24H26ClNO2.C6H14.2C4H10/c1-15-6-5-7-21(17(15)3)24(27)22-13-19(25)9-11-23(22)26-14-18-8-10-20(28-4)12-16(18)2;1-3-5-6-4-2;2*1-3-4-2/h5-13,24,26-27H,14H2,1-4H3;3-6H2,1-2H3;2*3-4H2,1-2H3. The van der Waals surface area contributed by atoms with E-state index >= 15 is 0 Å². The van der Waals surface area contributed by atoms with Crippen molar-refractivity contribution in [1.29, 1.82) is 0 Å². The van der Waals surface area contributed by atoms with Crippen molar-refractivity contribution < 1.29 is 9.84 Å². The van der Waals surface area contributed by atoms with Crippen molar-refractivity contribution in [3.05, 3.63) is 93.0 Å². The first-order valence-electron chi connectivity index (χ1n) is 16.1. The fourth-order valence-electron chi connectivity index (χ4n) is 3.84. The van der Waals surface area contributed by atoms with Gasteiger partial charge in [0.2, 0.25) is 0 Å². The summed E-state index contributed by atoms with van der Waals surface area (Å²) >= 11 is 6.24. The Bertz CT molecular complexity index is 1100. The third-order valence-electron chi connectivity index (χ3n) is 7.23. The van der Waals surface area contributed by atoms with Gasteiger partial charge in [-0.15, -0.1) is 0 Å². The molecule has 3 rings (SSSR count). The minimum atomic E-state index is -0.752. The highest BCUT2D eigenvalue weighted by Gasteiger charge is 2.18. The number of aliphatic hydroxyl groups is 1. The smallest absolute Gasteiger partial charge is 0.119 e. The molecule has 0 radical (unpaired) electrons. The van der Waals surface area contributed by atoms with Crippen LogP contribution in [0.4, 0.5) is 5.69 Å². The summed E-state index contributed by atoms with van der Waals surface area (Å²) in [4.78, 5) is 0. The summed E-state index contributed by atoms with van der Waals surface area (Å²) in [5.74, 6) is 0.846. The second-order valence-corrected chi connectivity index (χ2v) is 11.2. The number of unbranched alkanes of at least 4 members (excludes halogenated alkanes) is 5. The molecule has 0 spiro atoms.